The van der Waals surface area contributed by atoms with Crippen molar-refractivity contribution in [2.75, 3.05) is 19.7 Å². The molecule has 0 unspecified atom stereocenters. The maximum Gasteiger partial charge on any atom is 0.243 e. The molecule has 116 valence electrons. The summed E-state index contributed by atoms with van der Waals surface area (Å²) < 4.78 is 31.9. The van der Waals surface area contributed by atoms with E-state index in [0.29, 0.717) is 30.9 Å². The van der Waals surface area contributed by atoms with Gasteiger partial charge in [0.15, 0.2) is 0 Å². The quantitative estimate of drug-likeness (QED) is 0.740. The standard InChI is InChI=1S/C15H22N2O3S/c1-4-9-17(10-5-2)21(18,19)14-7-8-15(20-6-3)13(11-14)12-16/h1,7-8,11H,5-6,9-10,12,16H2,2-3H3. The fourth-order valence-corrected chi connectivity index (χ4v) is 3.45. The van der Waals surface area contributed by atoms with Gasteiger partial charge in [0.05, 0.1) is 18.0 Å². The molecule has 0 heterocycles. The van der Waals surface area contributed by atoms with Crippen LogP contribution in [0.5, 0.6) is 5.75 Å². The first kappa shape index (κ1) is 17.5. The van der Waals surface area contributed by atoms with Gasteiger partial charge < -0.3 is 10.5 Å². The van der Waals surface area contributed by atoms with Crippen LogP contribution in [0, 0.1) is 12.3 Å². The average molecular weight is 310 g/mol. The van der Waals surface area contributed by atoms with Crippen molar-refractivity contribution >= 4 is 10.0 Å². The van der Waals surface area contributed by atoms with Gasteiger partial charge in [0.25, 0.3) is 0 Å². The minimum Gasteiger partial charge on any atom is -0.494 e. The SMILES string of the molecule is C#CCN(CCC)S(=O)(=O)c1ccc(OCC)c(CN)c1. The highest BCUT2D eigenvalue weighted by atomic mass is 32.2. The second-order valence-corrected chi connectivity index (χ2v) is 6.39. The van der Waals surface area contributed by atoms with Gasteiger partial charge in [0, 0.05) is 18.7 Å². The van der Waals surface area contributed by atoms with E-state index in [9.17, 15) is 8.42 Å². The van der Waals surface area contributed by atoms with Gasteiger partial charge in [-0.1, -0.05) is 12.8 Å². The van der Waals surface area contributed by atoms with E-state index in [1.165, 1.54) is 10.4 Å². The van der Waals surface area contributed by atoms with Crippen molar-refractivity contribution < 1.29 is 13.2 Å². The Morgan fingerprint density at radius 1 is 1.38 bits per heavy atom. The number of rotatable bonds is 8. The molecule has 1 aromatic rings. The summed E-state index contributed by atoms with van der Waals surface area (Å²) in [5.41, 5.74) is 6.33. The van der Waals surface area contributed by atoms with Crippen LogP contribution in [0.15, 0.2) is 23.1 Å². The Labute approximate surface area is 127 Å². The van der Waals surface area contributed by atoms with E-state index < -0.39 is 10.0 Å². The van der Waals surface area contributed by atoms with E-state index >= 15 is 0 Å². The van der Waals surface area contributed by atoms with E-state index in [-0.39, 0.29) is 18.0 Å². The molecule has 5 nitrogen and oxygen atoms in total. The smallest absolute Gasteiger partial charge is 0.243 e. The third-order valence-corrected chi connectivity index (χ3v) is 4.77. The summed E-state index contributed by atoms with van der Waals surface area (Å²) in [6, 6.07) is 4.72. The van der Waals surface area contributed by atoms with Gasteiger partial charge in [0.1, 0.15) is 5.75 Å². The van der Waals surface area contributed by atoms with Crippen molar-refractivity contribution in [1.29, 1.82) is 0 Å². The highest BCUT2D eigenvalue weighted by Gasteiger charge is 2.24. The molecular formula is C15H22N2O3S. The second kappa shape index (κ2) is 8.03. The lowest BCUT2D eigenvalue weighted by molar-refractivity contribution is 0.336. The second-order valence-electron chi connectivity index (χ2n) is 4.45. The van der Waals surface area contributed by atoms with Gasteiger partial charge in [-0.25, -0.2) is 8.42 Å². The largest absolute Gasteiger partial charge is 0.494 e. The molecule has 0 amide bonds. The summed E-state index contributed by atoms with van der Waals surface area (Å²) in [6.45, 7) is 4.92. The zero-order valence-corrected chi connectivity index (χ0v) is 13.3. The average Bonchev–Trinajstić information content (AvgIpc) is 2.47. The molecule has 0 aliphatic carbocycles. The lowest BCUT2D eigenvalue weighted by atomic mass is 10.2. The highest BCUT2D eigenvalue weighted by Crippen LogP contribution is 2.24. The van der Waals surface area contributed by atoms with Gasteiger partial charge >= 0.3 is 0 Å². The van der Waals surface area contributed by atoms with Crippen molar-refractivity contribution in [3.05, 3.63) is 23.8 Å². The Morgan fingerprint density at radius 3 is 2.62 bits per heavy atom. The number of hydrogen-bond donors (Lipinski definition) is 1. The first-order valence-electron chi connectivity index (χ1n) is 6.90. The molecule has 0 saturated carbocycles. The zero-order valence-electron chi connectivity index (χ0n) is 12.5. The Morgan fingerprint density at radius 2 is 2.10 bits per heavy atom. The summed E-state index contributed by atoms with van der Waals surface area (Å²) in [7, 11) is -3.61. The summed E-state index contributed by atoms with van der Waals surface area (Å²) in [5, 5.41) is 0. The van der Waals surface area contributed by atoms with Crippen LogP contribution in [0.3, 0.4) is 0 Å². The third-order valence-electron chi connectivity index (χ3n) is 2.93. The van der Waals surface area contributed by atoms with Crippen LogP contribution in [-0.4, -0.2) is 32.4 Å². The Kier molecular flexibility index (Phi) is 6.69. The van der Waals surface area contributed by atoms with Crippen LogP contribution in [-0.2, 0) is 16.6 Å². The monoisotopic (exact) mass is 310 g/mol. The Balaban J connectivity index is 3.21. The predicted molar refractivity (Wildman–Crippen MR) is 83.4 cm³/mol. The molecule has 1 rings (SSSR count). The summed E-state index contributed by atoms with van der Waals surface area (Å²) in [4.78, 5) is 0.190. The van der Waals surface area contributed by atoms with Gasteiger partial charge in [-0.05, 0) is 31.5 Å². The Bertz CT molecular complexity index is 606. The number of hydrogen-bond acceptors (Lipinski definition) is 4. The Hall–Kier alpha value is -1.55. The van der Waals surface area contributed by atoms with E-state index in [2.05, 4.69) is 5.92 Å². The van der Waals surface area contributed by atoms with Crippen molar-refractivity contribution in [2.45, 2.75) is 31.7 Å². The lowest BCUT2D eigenvalue weighted by Gasteiger charge is -2.20. The van der Waals surface area contributed by atoms with Gasteiger partial charge in [-0.15, -0.1) is 6.42 Å². The van der Waals surface area contributed by atoms with Crippen LogP contribution in [0.1, 0.15) is 25.8 Å². The molecular weight excluding hydrogens is 288 g/mol. The summed E-state index contributed by atoms with van der Waals surface area (Å²) in [5.74, 6) is 3.00. The number of benzene rings is 1. The van der Waals surface area contributed by atoms with Crippen molar-refractivity contribution in [3.63, 3.8) is 0 Å². The first-order chi connectivity index (χ1) is 10.0. The maximum atomic E-state index is 12.6. The van der Waals surface area contributed by atoms with Crippen LogP contribution >= 0.6 is 0 Å². The van der Waals surface area contributed by atoms with Crippen LogP contribution in [0.4, 0.5) is 0 Å². The molecule has 0 radical (unpaired) electrons. The number of terminal acetylenes is 1. The van der Waals surface area contributed by atoms with Crippen LogP contribution in [0.2, 0.25) is 0 Å². The number of ether oxygens (including phenoxy) is 1. The molecule has 21 heavy (non-hydrogen) atoms. The van der Waals surface area contributed by atoms with E-state index in [1.54, 1.807) is 12.1 Å². The van der Waals surface area contributed by atoms with Crippen molar-refractivity contribution in [3.8, 4) is 18.1 Å². The van der Waals surface area contributed by atoms with E-state index in [4.69, 9.17) is 16.9 Å². The van der Waals surface area contributed by atoms with Gasteiger partial charge in [-0.3, -0.25) is 0 Å². The molecule has 0 bridgehead atoms. The fourth-order valence-electron chi connectivity index (χ4n) is 1.96. The normalized spacial score (nSPS) is 11.4. The minimum atomic E-state index is -3.61. The first-order valence-corrected chi connectivity index (χ1v) is 8.34. The molecule has 2 N–H and O–H groups in total. The fraction of sp³-hybridized carbons (Fsp3) is 0.467. The lowest BCUT2D eigenvalue weighted by Crippen LogP contribution is -2.32. The maximum absolute atomic E-state index is 12.6. The molecule has 0 saturated heterocycles. The van der Waals surface area contributed by atoms with E-state index in [1.807, 2.05) is 13.8 Å². The topological polar surface area (TPSA) is 72.6 Å². The number of sulfonamides is 1. The third kappa shape index (κ3) is 4.21. The summed E-state index contributed by atoms with van der Waals surface area (Å²) in [6.07, 6.45) is 5.95. The molecule has 0 aliphatic rings. The van der Waals surface area contributed by atoms with Gasteiger partial charge in [0.2, 0.25) is 10.0 Å². The molecule has 1 aromatic carbocycles. The van der Waals surface area contributed by atoms with Crippen LogP contribution < -0.4 is 10.5 Å². The number of nitrogens with two attached hydrogens (primary N) is 1. The highest BCUT2D eigenvalue weighted by molar-refractivity contribution is 7.89. The number of nitrogens with zero attached hydrogens (tertiary/aromatic N) is 1. The zero-order chi connectivity index (χ0) is 15.9. The molecule has 0 fully saturated rings. The molecule has 0 aromatic heterocycles. The molecule has 0 spiro atoms. The molecule has 6 heteroatoms. The molecule has 0 atom stereocenters. The van der Waals surface area contributed by atoms with Crippen LogP contribution in [0.25, 0.3) is 0 Å². The summed E-state index contributed by atoms with van der Waals surface area (Å²) >= 11 is 0. The van der Waals surface area contributed by atoms with Crippen molar-refractivity contribution in [1.82, 2.24) is 4.31 Å². The minimum absolute atomic E-state index is 0.0569. The van der Waals surface area contributed by atoms with Crippen molar-refractivity contribution in [2.24, 2.45) is 5.73 Å². The predicted octanol–water partition coefficient (Wildman–Crippen LogP) is 1.58. The van der Waals surface area contributed by atoms with E-state index in [0.717, 1.165) is 0 Å². The van der Waals surface area contributed by atoms with Gasteiger partial charge in [-0.2, -0.15) is 4.31 Å². The molecule has 0 aliphatic heterocycles.